The quantitative estimate of drug-likeness (QED) is 0.521. The van der Waals surface area contributed by atoms with Crippen LogP contribution in [-0.4, -0.2) is 15.0 Å². The van der Waals surface area contributed by atoms with Gasteiger partial charge in [-0.25, -0.2) is 13.8 Å². The summed E-state index contributed by atoms with van der Waals surface area (Å²) in [4.78, 5) is 11.7. The third-order valence-corrected chi connectivity index (χ3v) is 1.92. The summed E-state index contributed by atoms with van der Waals surface area (Å²) in [5.41, 5.74) is -5.99. The van der Waals surface area contributed by atoms with Crippen molar-refractivity contribution in [1.29, 1.82) is 0 Å². The zero-order valence-electron chi connectivity index (χ0n) is 8.41. The minimum absolute atomic E-state index is 0.373. The van der Waals surface area contributed by atoms with Crippen LogP contribution < -0.4 is 0 Å². The lowest BCUT2D eigenvalue weighted by Crippen LogP contribution is -2.15. The molecule has 0 aromatic carbocycles. The summed E-state index contributed by atoms with van der Waals surface area (Å²) in [7, 11) is 0. The van der Waals surface area contributed by atoms with Gasteiger partial charge in [-0.1, -0.05) is 0 Å². The van der Waals surface area contributed by atoms with Gasteiger partial charge in [0.1, 0.15) is 0 Å². The Kier molecular flexibility index (Phi) is 3.79. The number of hydrogen-bond acceptors (Lipinski definition) is 4. The third-order valence-electron chi connectivity index (χ3n) is 1.92. The first-order valence-electron chi connectivity index (χ1n) is 4.33. The molecule has 1 N–H and O–H groups in total. The molecule has 0 radical (unpaired) electrons. The molecule has 0 spiro atoms. The molecule has 10 heteroatoms. The zero-order valence-corrected chi connectivity index (χ0v) is 8.41. The van der Waals surface area contributed by atoms with E-state index in [0.717, 1.165) is 0 Å². The van der Waals surface area contributed by atoms with Crippen molar-refractivity contribution < 1.29 is 32.0 Å². The second kappa shape index (κ2) is 4.80. The number of halogens is 5. The van der Waals surface area contributed by atoms with Gasteiger partial charge in [-0.2, -0.15) is 13.2 Å². The predicted octanol–water partition coefficient (Wildman–Crippen LogP) is 2.44. The molecular formula is C8H5F5N2O3. The van der Waals surface area contributed by atoms with Crippen molar-refractivity contribution in [2.45, 2.75) is 19.2 Å². The van der Waals surface area contributed by atoms with Crippen LogP contribution in [0.25, 0.3) is 0 Å². The Bertz CT molecular complexity index is 475. The van der Waals surface area contributed by atoms with E-state index in [1.165, 1.54) is 0 Å². The lowest BCUT2D eigenvalue weighted by Gasteiger charge is -2.11. The highest BCUT2D eigenvalue weighted by atomic mass is 19.4. The van der Waals surface area contributed by atoms with Crippen LogP contribution in [-0.2, 0) is 12.8 Å². The molecule has 0 fully saturated rings. The summed E-state index contributed by atoms with van der Waals surface area (Å²) in [5.74, 6) is 0. The first-order chi connectivity index (χ1) is 8.18. The highest BCUT2D eigenvalue weighted by Gasteiger charge is 2.43. The molecule has 0 aliphatic heterocycles. The first kappa shape index (κ1) is 14.2. The van der Waals surface area contributed by atoms with E-state index in [-0.39, 0.29) is 0 Å². The Hall–Kier alpha value is -1.84. The molecule has 0 saturated carbocycles. The third kappa shape index (κ3) is 2.70. The fraction of sp³-hybridized carbons (Fsp3) is 0.375. The number of rotatable bonds is 3. The molecular weight excluding hydrogens is 267 g/mol. The maximum atomic E-state index is 12.5. The van der Waals surface area contributed by atoms with Gasteiger partial charge >= 0.3 is 11.9 Å². The van der Waals surface area contributed by atoms with E-state index in [9.17, 15) is 32.1 Å². The fourth-order valence-electron chi connectivity index (χ4n) is 1.25. The molecule has 0 aliphatic rings. The standard InChI is InChI=1S/C8H5F5N2O3/c9-7(10)4-1-3(2-16)14-6(8(11,12)13)5(4)15(17)18/h1,7,16H,2H2. The molecule has 0 saturated heterocycles. The number of aromatic nitrogens is 1. The molecule has 0 bridgehead atoms. The maximum Gasteiger partial charge on any atom is 0.440 e. The second-order valence-electron chi connectivity index (χ2n) is 3.11. The summed E-state index contributed by atoms with van der Waals surface area (Å²) >= 11 is 0. The molecule has 1 heterocycles. The fourth-order valence-corrected chi connectivity index (χ4v) is 1.25. The molecule has 100 valence electrons. The van der Waals surface area contributed by atoms with Crippen LogP contribution in [0.5, 0.6) is 0 Å². The van der Waals surface area contributed by atoms with Crippen LogP contribution >= 0.6 is 0 Å². The summed E-state index contributed by atoms with van der Waals surface area (Å²) < 4.78 is 62.4. The number of hydrogen-bond donors (Lipinski definition) is 1. The largest absolute Gasteiger partial charge is 0.440 e. The van der Waals surface area contributed by atoms with Gasteiger partial charge in [-0.05, 0) is 6.07 Å². The Morgan fingerprint density at radius 1 is 1.44 bits per heavy atom. The minimum atomic E-state index is -5.27. The van der Waals surface area contributed by atoms with Crippen LogP contribution in [0.1, 0.15) is 23.4 Å². The van der Waals surface area contributed by atoms with E-state index in [1.54, 1.807) is 0 Å². The molecule has 1 rings (SSSR count). The Balaban J connectivity index is 3.66. The molecule has 0 amide bonds. The van der Waals surface area contributed by atoms with Crippen LogP contribution in [0.4, 0.5) is 27.6 Å². The van der Waals surface area contributed by atoms with E-state index in [2.05, 4.69) is 4.98 Å². The van der Waals surface area contributed by atoms with Crippen molar-refractivity contribution in [1.82, 2.24) is 4.98 Å². The van der Waals surface area contributed by atoms with E-state index >= 15 is 0 Å². The number of alkyl halides is 5. The van der Waals surface area contributed by atoms with Crippen molar-refractivity contribution in [3.05, 3.63) is 33.1 Å². The molecule has 0 aliphatic carbocycles. The van der Waals surface area contributed by atoms with E-state index < -0.39 is 46.8 Å². The van der Waals surface area contributed by atoms with Crippen LogP contribution in [0, 0.1) is 10.1 Å². The molecule has 0 unspecified atom stereocenters. The van der Waals surface area contributed by atoms with E-state index in [1.807, 2.05) is 0 Å². The number of aliphatic hydroxyl groups excluding tert-OH is 1. The normalized spacial score (nSPS) is 11.9. The molecule has 18 heavy (non-hydrogen) atoms. The Morgan fingerprint density at radius 3 is 2.33 bits per heavy atom. The number of nitro groups is 1. The molecule has 1 aromatic rings. The van der Waals surface area contributed by atoms with Gasteiger partial charge in [-0.3, -0.25) is 10.1 Å². The summed E-state index contributed by atoms with van der Waals surface area (Å²) in [6.07, 6.45) is -8.75. The number of pyridine rings is 1. The number of aliphatic hydroxyl groups is 1. The van der Waals surface area contributed by atoms with Crippen molar-refractivity contribution >= 4 is 5.69 Å². The van der Waals surface area contributed by atoms with Crippen molar-refractivity contribution in [2.24, 2.45) is 0 Å². The van der Waals surface area contributed by atoms with Crippen LogP contribution in [0.15, 0.2) is 6.07 Å². The zero-order chi connectivity index (χ0) is 14.1. The van der Waals surface area contributed by atoms with Gasteiger partial charge < -0.3 is 5.11 Å². The van der Waals surface area contributed by atoms with Crippen molar-refractivity contribution in [3.8, 4) is 0 Å². The van der Waals surface area contributed by atoms with E-state index in [0.29, 0.717) is 6.07 Å². The SMILES string of the molecule is O=[N+]([O-])c1c(C(F)F)cc(CO)nc1C(F)(F)F. The Morgan fingerprint density at radius 2 is 2.00 bits per heavy atom. The van der Waals surface area contributed by atoms with Gasteiger partial charge in [0.15, 0.2) is 0 Å². The average molecular weight is 272 g/mol. The topological polar surface area (TPSA) is 76.3 Å². The molecule has 0 atom stereocenters. The number of nitrogens with zero attached hydrogens (tertiary/aromatic N) is 2. The van der Waals surface area contributed by atoms with Gasteiger partial charge in [0, 0.05) is 0 Å². The van der Waals surface area contributed by atoms with Gasteiger partial charge in [0.2, 0.25) is 5.69 Å². The Labute approximate surface area is 96.0 Å². The van der Waals surface area contributed by atoms with Crippen LogP contribution in [0.3, 0.4) is 0 Å². The van der Waals surface area contributed by atoms with E-state index in [4.69, 9.17) is 5.11 Å². The smallest absolute Gasteiger partial charge is 0.390 e. The maximum absolute atomic E-state index is 12.5. The minimum Gasteiger partial charge on any atom is -0.390 e. The second-order valence-corrected chi connectivity index (χ2v) is 3.11. The van der Waals surface area contributed by atoms with Crippen molar-refractivity contribution in [3.63, 3.8) is 0 Å². The van der Waals surface area contributed by atoms with Crippen molar-refractivity contribution in [2.75, 3.05) is 0 Å². The lowest BCUT2D eigenvalue weighted by molar-refractivity contribution is -0.390. The monoisotopic (exact) mass is 272 g/mol. The molecule has 1 aromatic heterocycles. The lowest BCUT2D eigenvalue weighted by atomic mass is 10.1. The summed E-state index contributed by atoms with van der Waals surface area (Å²) in [6, 6.07) is 0.373. The van der Waals surface area contributed by atoms with Crippen LogP contribution in [0.2, 0.25) is 0 Å². The summed E-state index contributed by atoms with van der Waals surface area (Å²) in [5, 5.41) is 19.1. The van der Waals surface area contributed by atoms with Gasteiger partial charge in [-0.15, -0.1) is 0 Å². The van der Waals surface area contributed by atoms with Gasteiger partial charge in [0.25, 0.3) is 6.43 Å². The summed E-state index contributed by atoms with van der Waals surface area (Å²) in [6.45, 7) is -1.04. The first-order valence-corrected chi connectivity index (χ1v) is 4.33. The van der Waals surface area contributed by atoms with Gasteiger partial charge in [0.05, 0.1) is 22.8 Å². The average Bonchev–Trinajstić information content (AvgIpc) is 2.25. The highest BCUT2D eigenvalue weighted by Crippen LogP contribution is 2.40. The predicted molar refractivity (Wildman–Crippen MR) is 46.8 cm³/mol. The molecule has 5 nitrogen and oxygen atoms in total. The highest BCUT2D eigenvalue weighted by molar-refractivity contribution is 5.47.